The van der Waals surface area contributed by atoms with E-state index in [1.165, 1.54) is 0 Å². The van der Waals surface area contributed by atoms with Gasteiger partial charge in [0.2, 0.25) is 5.78 Å². The van der Waals surface area contributed by atoms with Crippen molar-refractivity contribution in [3.8, 4) is 5.75 Å². The molecule has 0 saturated heterocycles. The second-order valence-electron chi connectivity index (χ2n) is 7.11. The minimum absolute atomic E-state index is 0.0815. The quantitative estimate of drug-likeness (QED) is 0.501. The Bertz CT molecular complexity index is 1060. The van der Waals surface area contributed by atoms with Crippen LogP contribution in [0.3, 0.4) is 0 Å². The van der Waals surface area contributed by atoms with Crippen molar-refractivity contribution in [2.45, 2.75) is 45.6 Å². The van der Waals surface area contributed by atoms with Crippen molar-refractivity contribution >= 4 is 16.8 Å². The van der Waals surface area contributed by atoms with Crippen molar-refractivity contribution < 1.29 is 13.9 Å². The summed E-state index contributed by atoms with van der Waals surface area (Å²) in [5.41, 5.74) is 3.61. The van der Waals surface area contributed by atoms with E-state index in [4.69, 9.17) is 9.15 Å². The molecule has 3 aromatic rings. The SMILES string of the molecule is Cc1c(OC(C)C(=O)c2ccccc2)ccc2c3c(c(=O)oc12)CCCC3. The molecule has 4 rings (SSSR count). The van der Waals surface area contributed by atoms with Crippen molar-refractivity contribution in [2.24, 2.45) is 0 Å². The van der Waals surface area contributed by atoms with Crippen molar-refractivity contribution in [2.75, 3.05) is 0 Å². The highest BCUT2D eigenvalue weighted by atomic mass is 16.5. The first kappa shape index (κ1) is 17.5. The molecule has 1 aliphatic rings. The van der Waals surface area contributed by atoms with Gasteiger partial charge in [-0.15, -0.1) is 0 Å². The van der Waals surface area contributed by atoms with Gasteiger partial charge in [-0.1, -0.05) is 30.3 Å². The molecule has 138 valence electrons. The summed E-state index contributed by atoms with van der Waals surface area (Å²) in [6, 6.07) is 12.9. The minimum atomic E-state index is -0.632. The summed E-state index contributed by atoms with van der Waals surface area (Å²) in [6.45, 7) is 3.61. The molecule has 1 aliphatic carbocycles. The van der Waals surface area contributed by atoms with Gasteiger partial charge in [0.1, 0.15) is 11.3 Å². The number of carbonyl (C=O) groups is 1. The normalized spacial score (nSPS) is 14.6. The Morgan fingerprint density at radius 3 is 2.48 bits per heavy atom. The number of carbonyl (C=O) groups excluding carboxylic acids is 1. The predicted octanol–water partition coefficient (Wildman–Crippen LogP) is 4.63. The van der Waals surface area contributed by atoms with Gasteiger partial charge in [0.05, 0.1) is 0 Å². The summed E-state index contributed by atoms with van der Waals surface area (Å²) in [5.74, 6) is 0.486. The van der Waals surface area contributed by atoms with Gasteiger partial charge in [0.25, 0.3) is 0 Å². The van der Waals surface area contributed by atoms with E-state index in [9.17, 15) is 9.59 Å². The standard InChI is InChI=1S/C23H22O4/c1-14-20(26-15(2)21(24)16-8-4-3-5-9-16)13-12-18-17-10-6-7-11-19(17)23(25)27-22(14)18/h3-5,8-9,12-13,15H,6-7,10-11H2,1-2H3. The van der Waals surface area contributed by atoms with Crippen LogP contribution in [0.15, 0.2) is 51.7 Å². The lowest BCUT2D eigenvalue weighted by Gasteiger charge is -2.19. The highest BCUT2D eigenvalue weighted by Gasteiger charge is 2.22. The summed E-state index contributed by atoms with van der Waals surface area (Å²) >= 11 is 0. The van der Waals surface area contributed by atoms with Gasteiger partial charge in [-0.25, -0.2) is 4.79 Å². The molecule has 0 fully saturated rings. The second-order valence-corrected chi connectivity index (χ2v) is 7.11. The number of fused-ring (bicyclic) bond motifs is 3. The fourth-order valence-corrected chi connectivity index (χ4v) is 3.83. The van der Waals surface area contributed by atoms with E-state index in [1.807, 2.05) is 37.3 Å². The summed E-state index contributed by atoms with van der Waals surface area (Å²) < 4.78 is 11.6. The van der Waals surface area contributed by atoms with E-state index in [1.54, 1.807) is 19.1 Å². The Balaban J connectivity index is 1.70. The molecule has 0 N–H and O–H groups in total. The number of rotatable bonds is 4. The van der Waals surface area contributed by atoms with Crippen LogP contribution < -0.4 is 10.4 Å². The molecular formula is C23H22O4. The molecule has 1 atom stereocenters. The average Bonchev–Trinajstić information content (AvgIpc) is 2.71. The van der Waals surface area contributed by atoms with Gasteiger partial charge < -0.3 is 9.15 Å². The third kappa shape index (κ3) is 3.16. The molecule has 1 unspecified atom stereocenters. The Morgan fingerprint density at radius 2 is 1.74 bits per heavy atom. The molecule has 1 aromatic heterocycles. The number of hydrogen-bond donors (Lipinski definition) is 0. The molecule has 27 heavy (non-hydrogen) atoms. The maximum Gasteiger partial charge on any atom is 0.339 e. The van der Waals surface area contributed by atoms with E-state index in [2.05, 4.69) is 0 Å². The number of hydrogen-bond acceptors (Lipinski definition) is 4. The fraction of sp³-hybridized carbons (Fsp3) is 0.304. The van der Waals surface area contributed by atoms with Crippen LogP contribution in [-0.2, 0) is 12.8 Å². The zero-order chi connectivity index (χ0) is 19.0. The lowest BCUT2D eigenvalue weighted by atomic mass is 9.90. The van der Waals surface area contributed by atoms with Crippen LogP contribution in [0.2, 0.25) is 0 Å². The highest BCUT2D eigenvalue weighted by molar-refractivity contribution is 5.99. The summed E-state index contributed by atoms with van der Waals surface area (Å²) in [6.07, 6.45) is 3.18. The maximum absolute atomic E-state index is 12.6. The molecule has 0 saturated carbocycles. The molecular weight excluding hydrogens is 340 g/mol. The third-order valence-corrected chi connectivity index (χ3v) is 5.32. The minimum Gasteiger partial charge on any atom is -0.482 e. The first-order valence-corrected chi connectivity index (χ1v) is 9.40. The first-order valence-electron chi connectivity index (χ1n) is 9.40. The Hall–Kier alpha value is -2.88. The summed E-state index contributed by atoms with van der Waals surface area (Å²) in [5, 5.41) is 0.983. The molecule has 1 heterocycles. The largest absolute Gasteiger partial charge is 0.482 e. The molecule has 0 bridgehead atoms. The average molecular weight is 362 g/mol. The van der Waals surface area contributed by atoms with E-state index >= 15 is 0 Å². The molecule has 0 spiro atoms. The van der Waals surface area contributed by atoms with Crippen LogP contribution >= 0.6 is 0 Å². The molecule has 0 radical (unpaired) electrons. The highest BCUT2D eigenvalue weighted by Crippen LogP contribution is 2.33. The number of ether oxygens (including phenoxy) is 1. The summed E-state index contributed by atoms with van der Waals surface area (Å²) in [4.78, 5) is 25.0. The monoisotopic (exact) mass is 362 g/mol. The van der Waals surface area contributed by atoms with Crippen LogP contribution in [0, 0.1) is 6.92 Å². The number of aryl methyl sites for hydroxylation is 2. The van der Waals surface area contributed by atoms with E-state index in [0.717, 1.165) is 47.8 Å². The van der Waals surface area contributed by atoms with Gasteiger partial charge in [0.15, 0.2) is 6.10 Å². The van der Waals surface area contributed by atoms with Gasteiger partial charge in [-0.3, -0.25) is 4.79 Å². The molecule has 0 amide bonds. The van der Waals surface area contributed by atoms with Crippen molar-refractivity contribution in [1.82, 2.24) is 0 Å². The molecule has 0 aliphatic heterocycles. The number of ketones is 1. The fourth-order valence-electron chi connectivity index (χ4n) is 3.83. The van der Waals surface area contributed by atoms with Crippen LogP contribution in [0.4, 0.5) is 0 Å². The Morgan fingerprint density at radius 1 is 1.04 bits per heavy atom. The number of benzene rings is 2. The van der Waals surface area contributed by atoms with E-state index in [-0.39, 0.29) is 11.4 Å². The maximum atomic E-state index is 12.6. The first-order chi connectivity index (χ1) is 13.1. The Kier molecular flexibility index (Phi) is 4.56. The van der Waals surface area contributed by atoms with Gasteiger partial charge >= 0.3 is 5.63 Å². The van der Waals surface area contributed by atoms with E-state index in [0.29, 0.717) is 16.9 Å². The van der Waals surface area contributed by atoms with Crippen molar-refractivity contribution in [3.63, 3.8) is 0 Å². The smallest absolute Gasteiger partial charge is 0.339 e. The Labute approximate surface area is 157 Å². The summed E-state index contributed by atoms with van der Waals surface area (Å²) in [7, 11) is 0. The zero-order valence-corrected chi connectivity index (χ0v) is 15.6. The van der Waals surface area contributed by atoms with Crippen LogP contribution in [0.5, 0.6) is 5.75 Å². The zero-order valence-electron chi connectivity index (χ0n) is 15.6. The lowest BCUT2D eigenvalue weighted by molar-refractivity contribution is 0.0817. The van der Waals surface area contributed by atoms with Crippen LogP contribution in [0.25, 0.3) is 11.0 Å². The number of Topliss-reactive ketones (excluding diaryl/α,β-unsaturated/α-hetero) is 1. The van der Waals surface area contributed by atoms with Crippen molar-refractivity contribution in [1.29, 1.82) is 0 Å². The van der Waals surface area contributed by atoms with Gasteiger partial charge in [-0.05, 0) is 57.2 Å². The van der Waals surface area contributed by atoms with Crippen LogP contribution in [-0.4, -0.2) is 11.9 Å². The van der Waals surface area contributed by atoms with E-state index < -0.39 is 6.10 Å². The van der Waals surface area contributed by atoms with Crippen molar-refractivity contribution in [3.05, 3.63) is 75.1 Å². The third-order valence-electron chi connectivity index (χ3n) is 5.32. The molecule has 4 nitrogen and oxygen atoms in total. The van der Waals surface area contributed by atoms with Gasteiger partial charge in [0, 0.05) is 22.1 Å². The molecule has 4 heteroatoms. The molecule has 2 aromatic carbocycles. The van der Waals surface area contributed by atoms with Gasteiger partial charge in [-0.2, -0.15) is 0 Å². The second kappa shape index (κ2) is 7.03. The van der Waals surface area contributed by atoms with Crippen LogP contribution in [0.1, 0.15) is 46.8 Å². The lowest BCUT2D eigenvalue weighted by Crippen LogP contribution is -2.24. The predicted molar refractivity (Wildman–Crippen MR) is 105 cm³/mol. The topological polar surface area (TPSA) is 56.5 Å².